The molecule has 0 fully saturated rings. The predicted molar refractivity (Wildman–Crippen MR) is 69.5 cm³/mol. The molecule has 0 aliphatic heterocycles. The van der Waals surface area contributed by atoms with Crippen LogP contribution in [0.5, 0.6) is 0 Å². The van der Waals surface area contributed by atoms with Crippen molar-refractivity contribution in [2.45, 2.75) is 20.3 Å². The Morgan fingerprint density at radius 3 is 2.83 bits per heavy atom. The van der Waals surface area contributed by atoms with Crippen LogP contribution in [0.4, 0.5) is 4.39 Å². The summed E-state index contributed by atoms with van der Waals surface area (Å²) < 4.78 is 13.0. The summed E-state index contributed by atoms with van der Waals surface area (Å²) in [5.74, 6) is -0.378. The molecule has 0 radical (unpaired) electrons. The number of allylic oxidation sites excluding steroid dienone is 4. The van der Waals surface area contributed by atoms with Gasteiger partial charge in [0.05, 0.1) is 0 Å². The molecule has 0 bridgehead atoms. The van der Waals surface area contributed by atoms with Gasteiger partial charge in [0.1, 0.15) is 5.82 Å². The Labute approximate surface area is 106 Å². The minimum atomic E-state index is -0.399. The molecule has 3 heteroatoms. The largest absolute Gasteiger partial charge is 0.325 e. The van der Waals surface area contributed by atoms with Crippen molar-refractivity contribution in [2.24, 2.45) is 5.92 Å². The van der Waals surface area contributed by atoms with Crippen molar-refractivity contribution in [3.05, 3.63) is 59.1 Å². The van der Waals surface area contributed by atoms with Crippen molar-refractivity contribution >= 4 is 5.91 Å². The van der Waals surface area contributed by atoms with Crippen LogP contribution in [0.25, 0.3) is 0 Å². The fourth-order valence-electron chi connectivity index (χ4n) is 2.06. The van der Waals surface area contributed by atoms with E-state index in [1.165, 1.54) is 23.8 Å². The molecule has 18 heavy (non-hydrogen) atoms. The topological polar surface area (TPSA) is 29.1 Å². The SMILES string of the molecule is CC1=CC=C(NC(=O)c2cccc(F)c2)C(C)C1. The van der Waals surface area contributed by atoms with Gasteiger partial charge in [-0.15, -0.1) is 0 Å². The van der Waals surface area contributed by atoms with E-state index in [1.54, 1.807) is 6.07 Å². The molecule has 0 aromatic heterocycles. The number of carbonyl (C=O) groups excluding carboxylic acids is 1. The van der Waals surface area contributed by atoms with E-state index in [1.807, 2.05) is 12.2 Å². The van der Waals surface area contributed by atoms with Gasteiger partial charge in [0, 0.05) is 11.3 Å². The number of hydrogen-bond acceptors (Lipinski definition) is 1. The molecule has 1 aliphatic rings. The highest BCUT2D eigenvalue weighted by Gasteiger charge is 2.16. The summed E-state index contributed by atoms with van der Waals surface area (Å²) in [7, 11) is 0. The molecule has 1 aromatic rings. The Bertz CT molecular complexity index is 531. The maximum atomic E-state index is 13.0. The normalized spacial score (nSPS) is 18.9. The first kappa shape index (κ1) is 12.6. The lowest BCUT2D eigenvalue weighted by atomic mass is 9.93. The van der Waals surface area contributed by atoms with Gasteiger partial charge in [0.15, 0.2) is 0 Å². The molecular formula is C15H16FNO. The molecule has 1 N–H and O–H groups in total. The van der Waals surface area contributed by atoms with Crippen LogP contribution in [0.1, 0.15) is 30.6 Å². The van der Waals surface area contributed by atoms with Crippen LogP contribution in [-0.4, -0.2) is 5.91 Å². The summed E-state index contributed by atoms with van der Waals surface area (Å²) in [5, 5.41) is 2.84. The first-order chi connectivity index (χ1) is 8.56. The molecule has 0 saturated heterocycles. The fraction of sp³-hybridized carbons (Fsp3) is 0.267. The second kappa shape index (κ2) is 5.17. The summed E-state index contributed by atoms with van der Waals surface area (Å²) in [6, 6.07) is 5.70. The van der Waals surface area contributed by atoms with Crippen LogP contribution in [0.2, 0.25) is 0 Å². The number of halogens is 1. The van der Waals surface area contributed by atoms with Crippen LogP contribution in [0, 0.1) is 11.7 Å². The minimum absolute atomic E-state index is 0.263. The van der Waals surface area contributed by atoms with Crippen LogP contribution < -0.4 is 5.32 Å². The van der Waals surface area contributed by atoms with E-state index in [4.69, 9.17) is 0 Å². The highest BCUT2D eigenvalue weighted by Crippen LogP contribution is 2.22. The van der Waals surface area contributed by atoms with E-state index in [2.05, 4.69) is 19.2 Å². The molecule has 1 aliphatic carbocycles. The molecule has 1 aromatic carbocycles. The maximum Gasteiger partial charge on any atom is 0.255 e. The maximum absolute atomic E-state index is 13.0. The highest BCUT2D eigenvalue weighted by molar-refractivity contribution is 5.95. The van der Waals surface area contributed by atoms with Gasteiger partial charge in [0.2, 0.25) is 0 Å². The third-order valence-corrected chi connectivity index (χ3v) is 3.05. The number of benzene rings is 1. The molecule has 0 saturated carbocycles. The van der Waals surface area contributed by atoms with Crippen LogP contribution in [-0.2, 0) is 0 Å². The lowest BCUT2D eigenvalue weighted by molar-refractivity contribution is 0.0961. The van der Waals surface area contributed by atoms with Crippen molar-refractivity contribution < 1.29 is 9.18 Å². The fourth-order valence-corrected chi connectivity index (χ4v) is 2.06. The molecule has 0 heterocycles. The van der Waals surface area contributed by atoms with E-state index in [0.29, 0.717) is 5.56 Å². The van der Waals surface area contributed by atoms with Crippen molar-refractivity contribution in [3.63, 3.8) is 0 Å². The van der Waals surface area contributed by atoms with Gasteiger partial charge in [0.25, 0.3) is 5.91 Å². The minimum Gasteiger partial charge on any atom is -0.325 e. The number of rotatable bonds is 2. The Kier molecular flexibility index (Phi) is 3.60. The number of amides is 1. The van der Waals surface area contributed by atoms with E-state index in [-0.39, 0.29) is 11.8 Å². The first-order valence-corrected chi connectivity index (χ1v) is 6.00. The zero-order valence-electron chi connectivity index (χ0n) is 10.5. The van der Waals surface area contributed by atoms with Crippen molar-refractivity contribution in [2.75, 3.05) is 0 Å². The van der Waals surface area contributed by atoms with Gasteiger partial charge in [-0.05, 0) is 43.5 Å². The number of hydrogen-bond donors (Lipinski definition) is 1. The van der Waals surface area contributed by atoms with E-state index >= 15 is 0 Å². The smallest absolute Gasteiger partial charge is 0.255 e. The third-order valence-electron chi connectivity index (χ3n) is 3.05. The summed E-state index contributed by atoms with van der Waals surface area (Å²) in [4.78, 5) is 12.0. The lowest BCUT2D eigenvalue weighted by Crippen LogP contribution is -2.27. The zero-order chi connectivity index (χ0) is 13.1. The Morgan fingerprint density at radius 2 is 2.17 bits per heavy atom. The molecule has 1 amide bonds. The van der Waals surface area contributed by atoms with Gasteiger partial charge in [-0.25, -0.2) is 4.39 Å². The van der Waals surface area contributed by atoms with Crippen molar-refractivity contribution in [1.29, 1.82) is 0 Å². The average molecular weight is 245 g/mol. The first-order valence-electron chi connectivity index (χ1n) is 6.00. The summed E-state index contributed by atoms with van der Waals surface area (Å²) in [6.07, 6.45) is 4.86. The standard InChI is InChI=1S/C15H16FNO/c1-10-6-7-14(11(2)8-10)17-15(18)12-4-3-5-13(16)9-12/h3-7,9,11H,8H2,1-2H3,(H,17,18). The second-order valence-electron chi connectivity index (χ2n) is 4.70. The lowest BCUT2D eigenvalue weighted by Gasteiger charge is -2.20. The summed E-state index contributed by atoms with van der Waals surface area (Å²) in [6.45, 7) is 4.13. The van der Waals surface area contributed by atoms with Gasteiger partial charge < -0.3 is 5.32 Å². The van der Waals surface area contributed by atoms with Crippen molar-refractivity contribution in [3.8, 4) is 0 Å². The molecule has 1 unspecified atom stereocenters. The molecule has 1 atom stereocenters. The highest BCUT2D eigenvalue weighted by atomic mass is 19.1. The van der Waals surface area contributed by atoms with Gasteiger partial charge in [-0.2, -0.15) is 0 Å². The third kappa shape index (κ3) is 2.86. The van der Waals surface area contributed by atoms with Gasteiger partial charge >= 0.3 is 0 Å². The van der Waals surface area contributed by atoms with Gasteiger partial charge in [-0.1, -0.05) is 24.6 Å². The Morgan fingerprint density at radius 1 is 1.39 bits per heavy atom. The summed E-state index contributed by atoms with van der Waals surface area (Å²) >= 11 is 0. The quantitative estimate of drug-likeness (QED) is 0.849. The van der Waals surface area contributed by atoms with E-state index in [0.717, 1.165) is 12.1 Å². The molecular weight excluding hydrogens is 229 g/mol. The molecule has 2 nitrogen and oxygen atoms in total. The molecule has 0 spiro atoms. The van der Waals surface area contributed by atoms with Crippen LogP contribution in [0.15, 0.2) is 47.7 Å². The number of carbonyl (C=O) groups is 1. The van der Waals surface area contributed by atoms with Crippen LogP contribution in [0.3, 0.4) is 0 Å². The number of nitrogens with one attached hydrogen (secondary N) is 1. The van der Waals surface area contributed by atoms with Crippen LogP contribution >= 0.6 is 0 Å². The molecule has 2 rings (SSSR count). The summed E-state index contributed by atoms with van der Waals surface area (Å²) in [5.41, 5.74) is 2.52. The van der Waals surface area contributed by atoms with Gasteiger partial charge in [-0.3, -0.25) is 4.79 Å². The molecule has 94 valence electrons. The average Bonchev–Trinajstić information content (AvgIpc) is 2.32. The predicted octanol–water partition coefficient (Wildman–Crippen LogP) is 3.43. The van der Waals surface area contributed by atoms with E-state index in [9.17, 15) is 9.18 Å². The van der Waals surface area contributed by atoms with Crippen molar-refractivity contribution in [1.82, 2.24) is 5.32 Å². The Balaban J connectivity index is 2.13. The second-order valence-corrected chi connectivity index (χ2v) is 4.70. The monoisotopic (exact) mass is 245 g/mol. The van der Waals surface area contributed by atoms with E-state index < -0.39 is 5.82 Å². The zero-order valence-corrected chi connectivity index (χ0v) is 10.5. The Hall–Kier alpha value is -1.90.